The molecule has 0 saturated carbocycles. The van der Waals surface area contributed by atoms with Gasteiger partial charge in [0.2, 0.25) is 0 Å². The molecule has 0 aromatic rings. The van der Waals surface area contributed by atoms with Crippen molar-refractivity contribution >= 4 is 0 Å². The quantitative estimate of drug-likeness (QED) is 0.757. The van der Waals surface area contributed by atoms with E-state index in [0.29, 0.717) is 11.8 Å². The largest absolute Gasteiger partial charge is 0.375 e. The zero-order valence-electron chi connectivity index (χ0n) is 10.3. The van der Waals surface area contributed by atoms with Gasteiger partial charge in [-0.1, -0.05) is 20.8 Å². The predicted molar refractivity (Wildman–Crippen MR) is 60.1 cm³/mol. The van der Waals surface area contributed by atoms with E-state index in [-0.39, 0.29) is 11.0 Å². The molecule has 0 spiro atoms. The Bertz CT molecular complexity index is 200. The molecule has 1 aliphatic rings. The van der Waals surface area contributed by atoms with Gasteiger partial charge in [0.25, 0.3) is 0 Å². The summed E-state index contributed by atoms with van der Waals surface area (Å²) in [5.74, 6) is 1.28. The van der Waals surface area contributed by atoms with Crippen LogP contribution in [0.4, 0.5) is 0 Å². The summed E-state index contributed by atoms with van der Waals surface area (Å²) >= 11 is 0. The van der Waals surface area contributed by atoms with Crippen LogP contribution in [0.5, 0.6) is 0 Å². The molecule has 2 atom stereocenters. The van der Waals surface area contributed by atoms with Gasteiger partial charge in [0, 0.05) is 18.6 Å². The first kappa shape index (κ1) is 12.0. The summed E-state index contributed by atoms with van der Waals surface area (Å²) < 4.78 is 5.84. The van der Waals surface area contributed by atoms with Gasteiger partial charge in [-0.05, 0) is 32.1 Å². The van der Waals surface area contributed by atoms with Crippen molar-refractivity contribution in [3.05, 3.63) is 0 Å². The van der Waals surface area contributed by atoms with E-state index in [1.165, 1.54) is 0 Å². The highest BCUT2D eigenvalue weighted by Gasteiger charge is 2.52. The smallest absolute Gasteiger partial charge is 0.0698 e. The fourth-order valence-corrected chi connectivity index (χ4v) is 2.88. The number of nitrogens with two attached hydrogens (primary N) is 1. The molecule has 84 valence electrons. The maximum absolute atomic E-state index is 6.00. The Balaban J connectivity index is 2.96. The Morgan fingerprint density at radius 3 is 2.14 bits per heavy atom. The Labute approximate surface area is 88.2 Å². The molecule has 1 heterocycles. The molecule has 0 radical (unpaired) electrons. The molecule has 1 saturated heterocycles. The lowest BCUT2D eigenvalue weighted by Gasteiger charge is -2.45. The minimum absolute atomic E-state index is 0.0641. The Hall–Kier alpha value is -0.0800. The molecule has 14 heavy (non-hydrogen) atoms. The van der Waals surface area contributed by atoms with Crippen molar-refractivity contribution in [3.63, 3.8) is 0 Å². The monoisotopic (exact) mass is 199 g/mol. The first-order chi connectivity index (χ1) is 6.37. The Kier molecular flexibility index (Phi) is 3.27. The van der Waals surface area contributed by atoms with Crippen molar-refractivity contribution in [1.29, 1.82) is 0 Å². The molecule has 2 nitrogen and oxygen atoms in total. The third kappa shape index (κ3) is 1.59. The van der Waals surface area contributed by atoms with E-state index in [1.54, 1.807) is 0 Å². The standard InChI is InChI=1S/C12H25NO/c1-9(2)10(3)12(8-13)6-7-14-11(12,4)5/h9-10H,6-8,13H2,1-5H3. The maximum atomic E-state index is 6.00. The Morgan fingerprint density at radius 1 is 1.29 bits per heavy atom. The summed E-state index contributed by atoms with van der Waals surface area (Å²) in [5, 5.41) is 0. The first-order valence-corrected chi connectivity index (χ1v) is 5.71. The zero-order chi connectivity index (χ0) is 11.0. The molecule has 0 bridgehead atoms. The molecule has 0 amide bonds. The minimum Gasteiger partial charge on any atom is -0.375 e. The normalized spacial score (nSPS) is 33.6. The number of ether oxygens (including phenoxy) is 1. The molecule has 2 heteroatoms. The summed E-state index contributed by atoms with van der Waals surface area (Å²) in [6, 6.07) is 0. The van der Waals surface area contributed by atoms with E-state index in [2.05, 4.69) is 34.6 Å². The third-order valence-electron chi connectivity index (χ3n) is 4.45. The minimum atomic E-state index is -0.0641. The molecular formula is C12H25NO. The van der Waals surface area contributed by atoms with Crippen LogP contribution in [0.25, 0.3) is 0 Å². The van der Waals surface area contributed by atoms with Gasteiger partial charge in [-0.15, -0.1) is 0 Å². The van der Waals surface area contributed by atoms with E-state index in [4.69, 9.17) is 10.5 Å². The van der Waals surface area contributed by atoms with Crippen LogP contribution >= 0.6 is 0 Å². The van der Waals surface area contributed by atoms with E-state index >= 15 is 0 Å². The molecule has 2 unspecified atom stereocenters. The molecule has 2 N–H and O–H groups in total. The fraction of sp³-hybridized carbons (Fsp3) is 1.00. The summed E-state index contributed by atoms with van der Waals surface area (Å²) in [6.07, 6.45) is 1.11. The second-order valence-corrected chi connectivity index (χ2v) is 5.50. The highest BCUT2D eigenvalue weighted by molar-refractivity contribution is 5.02. The lowest BCUT2D eigenvalue weighted by Crippen LogP contribution is -2.51. The van der Waals surface area contributed by atoms with Gasteiger partial charge >= 0.3 is 0 Å². The number of hydrogen-bond acceptors (Lipinski definition) is 2. The van der Waals surface area contributed by atoms with Gasteiger partial charge in [0.15, 0.2) is 0 Å². The van der Waals surface area contributed by atoms with Gasteiger partial charge in [0.05, 0.1) is 5.60 Å². The maximum Gasteiger partial charge on any atom is 0.0698 e. The van der Waals surface area contributed by atoms with Crippen LogP contribution < -0.4 is 5.73 Å². The molecule has 1 aliphatic heterocycles. The van der Waals surface area contributed by atoms with Crippen molar-refractivity contribution < 1.29 is 4.74 Å². The van der Waals surface area contributed by atoms with Gasteiger partial charge in [0.1, 0.15) is 0 Å². The predicted octanol–water partition coefficient (Wildman–Crippen LogP) is 2.42. The molecule has 0 aromatic heterocycles. The number of hydrogen-bond donors (Lipinski definition) is 1. The van der Waals surface area contributed by atoms with Crippen molar-refractivity contribution in [1.82, 2.24) is 0 Å². The Morgan fingerprint density at radius 2 is 1.86 bits per heavy atom. The SMILES string of the molecule is CC(C)C(C)C1(CN)CCOC1(C)C. The lowest BCUT2D eigenvalue weighted by atomic mass is 9.62. The summed E-state index contributed by atoms with van der Waals surface area (Å²) in [6.45, 7) is 12.8. The van der Waals surface area contributed by atoms with Crippen LogP contribution in [-0.4, -0.2) is 18.8 Å². The van der Waals surface area contributed by atoms with Crippen LogP contribution in [0.1, 0.15) is 41.0 Å². The number of rotatable bonds is 3. The molecule has 0 aromatic carbocycles. The average molecular weight is 199 g/mol. The van der Waals surface area contributed by atoms with E-state index < -0.39 is 0 Å². The van der Waals surface area contributed by atoms with Crippen molar-refractivity contribution in [3.8, 4) is 0 Å². The van der Waals surface area contributed by atoms with Crippen LogP contribution in [0, 0.1) is 17.3 Å². The average Bonchev–Trinajstić information content (AvgIpc) is 2.40. The van der Waals surface area contributed by atoms with Crippen LogP contribution in [0.15, 0.2) is 0 Å². The summed E-state index contributed by atoms with van der Waals surface area (Å²) in [4.78, 5) is 0. The van der Waals surface area contributed by atoms with Crippen LogP contribution in [0.2, 0.25) is 0 Å². The second-order valence-electron chi connectivity index (χ2n) is 5.50. The van der Waals surface area contributed by atoms with Gasteiger partial charge in [-0.3, -0.25) is 0 Å². The molecule has 1 rings (SSSR count). The summed E-state index contributed by atoms with van der Waals surface area (Å²) in [5.41, 5.74) is 6.11. The molecular weight excluding hydrogens is 174 g/mol. The van der Waals surface area contributed by atoms with E-state index in [9.17, 15) is 0 Å². The van der Waals surface area contributed by atoms with Gasteiger partial charge in [-0.2, -0.15) is 0 Å². The topological polar surface area (TPSA) is 35.2 Å². The zero-order valence-corrected chi connectivity index (χ0v) is 10.3. The van der Waals surface area contributed by atoms with E-state index in [1.807, 2.05) is 0 Å². The van der Waals surface area contributed by atoms with Crippen molar-refractivity contribution in [2.75, 3.05) is 13.2 Å². The van der Waals surface area contributed by atoms with Crippen LogP contribution in [-0.2, 0) is 4.74 Å². The van der Waals surface area contributed by atoms with Crippen LogP contribution in [0.3, 0.4) is 0 Å². The van der Waals surface area contributed by atoms with Gasteiger partial charge in [-0.25, -0.2) is 0 Å². The van der Waals surface area contributed by atoms with Crippen molar-refractivity contribution in [2.45, 2.75) is 46.6 Å². The van der Waals surface area contributed by atoms with E-state index in [0.717, 1.165) is 19.6 Å². The first-order valence-electron chi connectivity index (χ1n) is 5.71. The summed E-state index contributed by atoms with van der Waals surface area (Å²) in [7, 11) is 0. The van der Waals surface area contributed by atoms with Crippen molar-refractivity contribution in [2.24, 2.45) is 23.0 Å². The lowest BCUT2D eigenvalue weighted by molar-refractivity contribution is -0.0615. The fourth-order valence-electron chi connectivity index (χ4n) is 2.88. The second kappa shape index (κ2) is 3.82. The van der Waals surface area contributed by atoms with Gasteiger partial charge < -0.3 is 10.5 Å². The highest BCUT2D eigenvalue weighted by Crippen LogP contribution is 2.50. The molecule has 0 aliphatic carbocycles. The third-order valence-corrected chi connectivity index (χ3v) is 4.45. The highest BCUT2D eigenvalue weighted by atomic mass is 16.5. The molecule has 1 fully saturated rings.